The minimum Gasteiger partial charge on any atom is -0.342 e. The summed E-state index contributed by atoms with van der Waals surface area (Å²) in [6.45, 7) is 3.25. The Hall–Kier alpha value is -2.88. The van der Waals surface area contributed by atoms with Gasteiger partial charge in [0, 0.05) is 24.4 Å². The number of likely N-dealkylation sites (N-methyl/N-ethyl adjacent to an activating group) is 1. The van der Waals surface area contributed by atoms with Crippen LogP contribution in [0, 0.1) is 0 Å². The number of hydrogen-bond donors (Lipinski definition) is 2. The molecule has 2 atom stereocenters. The van der Waals surface area contributed by atoms with E-state index < -0.39 is 18.2 Å². The van der Waals surface area contributed by atoms with Gasteiger partial charge < -0.3 is 15.3 Å². The van der Waals surface area contributed by atoms with E-state index in [0.717, 1.165) is 21.7 Å². The molecule has 0 spiro atoms. The Kier molecular flexibility index (Phi) is 6.58. The number of aliphatic hydroxyl groups is 1. The Balaban J connectivity index is 1.45. The standard InChI is InChI=1S/C26H27N3O4S/c1-2-29-25(24(30)27-23(26(31)32-33-26)17-19-11-5-3-6-12-19)28(18-20-13-7-4-8-14-20)21-15-9-10-16-22(21)34-29/h3-16,23,25,31H,2,17-18H2,1H3,(H,27,30)/t23-,25?/m0/s1. The molecule has 1 fully saturated rings. The van der Waals surface area contributed by atoms with Crippen LogP contribution in [0.1, 0.15) is 18.1 Å². The van der Waals surface area contributed by atoms with Gasteiger partial charge in [0.15, 0.2) is 6.17 Å². The lowest BCUT2D eigenvalue weighted by Gasteiger charge is -2.44. The van der Waals surface area contributed by atoms with Crippen LogP contribution in [0.5, 0.6) is 0 Å². The van der Waals surface area contributed by atoms with Crippen molar-refractivity contribution in [3.8, 4) is 0 Å². The second kappa shape index (κ2) is 9.77. The molecule has 3 aromatic carbocycles. The molecule has 2 heterocycles. The number of benzene rings is 3. The second-order valence-corrected chi connectivity index (χ2v) is 9.42. The number of carbonyl (C=O) groups excluding carboxylic acids is 1. The van der Waals surface area contributed by atoms with Gasteiger partial charge in [-0.05, 0) is 35.2 Å². The number of nitrogens with zero attached hydrogens (tertiary/aromatic N) is 2. The summed E-state index contributed by atoms with van der Waals surface area (Å²) >= 11 is 1.57. The molecule has 2 aliphatic rings. The summed E-state index contributed by atoms with van der Waals surface area (Å²) in [5.74, 6) is -2.06. The summed E-state index contributed by atoms with van der Waals surface area (Å²) in [5.41, 5.74) is 3.06. The molecule has 0 aromatic heterocycles. The molecule has 1 unspecified atom stereocenters. The van der Waals surface area contributed by atoms with E-state index in [1.807, 2.05) is 73.7 Å². The Morgan fingerprint density at radius 2 is 1.62 bits per heavy atom. The molecule has 34 heavy (non-hydrogen) atoms. The summed E-state index contributed by atoms with van der Waals surface area (Å²) < 4.78 is 2.05. The van der Waals surface area contributed by atoms with E-state index in [4.69, 9.17) is 9.78 Å². The van der Waals surface area contributed by atoms with Gasteiger partial charge >= 0.3 is 5.97 Å². The van der Waals surface area contributed by atoms with Gasteiger partial charge in [-0.15, -0.1) is 0 Å². The maximum atomic E-state index is 13.8. The highest BCUT2D eigenvalue weighted by Gasteiger charge is 2.56. The van der Waals surface area contributed by atoms with E-state index in [0.29, 0.717) is 19.5 Å². The van der Waals surface area contributed by atoms with Gasteiger partial charge in [-0.1, -0.05) is 79.7 Å². The lowest BCUT2D eigenvalue weighted by atomic mass is 10.0. The monoisotopic (exact) mass is 477 g/mol. The fraction of sp³-hybridized carbons (Fsp3) is 0.269. The molecule has 3 aromatic rings. The minimum absolute atomic E-state index is 0.228. The average Bonchev–Trinajstić information content (AvgIpc) is 3.63. The van der Waals surface area contributed by atoms with Crippen LogP contribution in [0.3, 0.4) is 0 Å². The van der Waals surface area contributed by atoms with Crippen LogP contribution in [-0.2, 0) is 27.5 Å². The maximum absolute atomic E-state index is 13.8. The SMILES string of the molecule is CCN1Sc2ccccc2N(Cc2ccccc2)C1C(=O)N[C@@H](Cc1ccccc1)C1(O)OO1. The van der Waals surface area contributed by atoms with Crippen LogP contribution in [0.2, 0.25) is 0 Å². The normalized spacial score (nSPS) is 19.8. The summed E-state index contributed by atoms with van der Waals surface area (Å²) in [7, 11) is 0. The summed E-state index contributed by atoms with van der Waals surface area (Å²) in [6.07, 6.45) is -0.227. The van der Waals surface area contributed by atoms with Crippen molar-refractivity contribution in [2.75, 3.05) is 11.4 Å². The van der Waals surface area contributed by atoms with Crippen molar-refractivity contribution in [1.82, 2.24) is 9.62 Å². The molecular formula is C26H27N3O4S. The number of amides is 1. The quantitative estimate of drug-likeness (QED) is 0.291. The molecule has 2 N–H and O–H groups in total. The lowest BCUT2D eigenvalue weighted by Crippen LogP contribution is -2.60. The van der Waals surface area contributed by atoms with Crippen LogP contribution in [0.25, 0.3) is 0 Å². The Morgan fingerprint density at radius 1 is 1.00 bits per heavy atom. The Morgan fingerprint density at radius 3 is 2.26 bits per heavy atom. The van der Waals surface area contributed by atoms with Gasteiger partial charge in [0.25, 0.3) is 5.91 Å². The Labute approximate surface area is 203 Å². The van der Waals surface area contributed by atoms with E-state index in [2.05, 4.69) is 32.7 Å². The second-order valence-electron chi connectivity index (χ2n) is 8.33. The summed E-state index contributed by atoms with van der Waals surface area (Å²) in [5, 5.41) is 13.6. The van der Waals surface area contributed by atoms with Crippen LogP contribution in [-0.4, -0.2) is 40.0 Å². The third-order valence-corrected chi connectivity index (χ3v) is 7.23. The van der Waals surface area contributed by atoms with E-state index >= 15 is 0 Å². The predicted octanol–water partition coefficient (Wildman–Crippen LogP) is 3.70. The van der Waals surface area contributed by atoms with Gasteiger partial charge in [-0.2, -0.15) is 9.78 Å². The molecule has 7 nitrogen and oxygen atoms in total. The van der Waals surface area contributed by atoms with Crippen molar-refractivity contribution in [1.29, 1.82) is 0 Å². The summed E-state index contributed by atoms with van der Waals surface area (Å²) in [4.78, 5) is 26.7. The first-order valence-corrected chi connectivity index (χ1v) is 12.1. The molecule has 5 rings (SSSR count). The van der Waals surface area contributed by atoms with Crippen LogP contribution in [0.4, 0.5) is 5.69 Å². The highest BCUT2D eigenvalue weighted by atomic mass is 32.2. The van der Waals surface area contributed by atoms with Gasteiger partial charge in [-0.25, -0.2) is 4.31 Å². The topological polar surface area (TPSA) is 80.9 Å². The molecule has 176 valence electrons. The first-order chi connectivity index (χ1) is 16.6. The van der Waals surface area contributed by atoms with Gasteiger partial charge in [-0.3, -0.25) is 4.79 Å². The fourth-order valence-electron chi connectivity index (χ4n) is 4.22. The first kappa shape index (κ1) is 22.9. The van der Waals surface area contributed by atoms with E-state index in [-0.39, 0.29) is 5.91 Å². The maximum Gasteiger partial charge on any atom is 0.358 e. The zero-order chi connectivity index (χ0) is 23.5. The van der Waals surface area contributed by atoms with Crippen LogP contribution in [0.15, 0.2) is 89.8 Å². The number of para-hydroxylation sites is 1. The average molecular weight is 478 g/mol. The van der Waals surface area contributed by atoms with Crippen molar-refractivity contribution in [2.24, 2.45) is 0 Å². The van der Waals surface area contributed by atoms with Gasteiger partial charge in [0.2, 0.25) is 0 Å². The molecule has 0 aliphatic carbocycles. The molecule has 2 aliphatic heterocycles. The number of carbonyl (C=O) groups is 1. The molecular weight excluding hydrogens is 450 g/mol. The largest absolute Gasteiger partial charge is 0.358 e. The van der Waals surface area contributed by atoms with Crippen molar-refractivity contribution < 1.29 is 19.7 Å². The minimum atomic E-state index is -1.83. The predicted molar refractivity (Wildman–Crippen MR) is 130 cm³/mol. The summed E-state index contributed by atoms with van der Waals surface area (Å²) in [6, 6.07) is 27.1. The smallest absolute Gasteiger partial charge is 0.342 e. The number of anilines is 1. The zero-order valence-corrected chi connectivity index (χ0v) is 19.7. The third kappa shape index (κ3) is 4.82. The van der Waals surface area contributed by atoms with Crippen molar-refractivity contribution in [3.63, 3.8) is 0 Å². The van der Waals surface area contributed by atoms with Crippen molar-refractivity contribution in [3.05, 3.63) is 96.1 Å². The van der Waals surface area contributed by atoms with E-state index in [1.165, 1.54) is 0 Å². The molecule has 1 amide bonds. The Bertz CT molecular complexity index is 1130. The third-order valence-electron chi connectivity index (χ3n) is 5.99. The number of fused-ring (bicyclic) bond motifs is 1. The molecule has 8 heteroatoms. The van der Waals surface area contributed by atoms with Crippen LogP contribution < -0.4 is 10.2 Å². The van der Waals surface area contributed by atoms with E-state index in [9.17, 15) is 9.90 Å². The fourth-order valence-corrected chi connectivity index (χ4v) is 5.33. The molecule has 0 saturated carbocycles. The highest BCUT2D eigenvalue weighted by Crippen LogP contribution is 2.41. The first-order valence-electron chi connectivity index (χ1n) is 11.3. The van der Waals surface area contributed by atoms with Crippen LogP contribution >= 0.6 is 11.9 Å². The van der Waals surface area contributed by atoms with Gasteiger partial charge in [0.05, 0.1) is 5.69 Å². The number of rotatable bonds is 8. The number of nitrogens with one attached hydrogen (secondary N) is 1. The zero-order valence-electron chi connectivity index (χ0n) is 18.8. The van der Waals surface area contributed by atoms with Crippen molar-refractivity contribution in [2.45, 2.75) is 43.0 Å². The van der Waals surface area contributed by atoms with Gasteiger partial charge in [0.1, 0.15) is 6.04 Å². The van der Waals surface area contributed by atoms with Crippen molar-refractivity contribution >= 4 is 23.5 Å². The number of hydrogen-bond acceptors (Lipinski definition) is 7. The molecule has 1 saturated heterocycles. The lowest BCUT2D eigenvalue weighted by molar-refractivity contribution is -0.128. The molecule has 0 bridgehead atoms. The highest BCUT2D eigenvalue weighted by molar-refractivity contribution is 7.97. The molecule has 0 radical (unpaired) electrons. The van der Waals surface area contributed by atoms with E-state index in [1.54, 1.807) is 11.9 Å².